The van der Waals surface area contributed by atoms with Crippen molar-refractivity contribution in [3.05, 3.63) is 34.9 Å². The molecular weight excluding hydrogens is 238 g/mol. The molecule has 0 aliphatic rings. The van der Waals surface area contributed by atoms with Crippen molar-refractivity contribution in [3.63, 3.8) is 0 Å². The fourth-order valence-electron chi connectivity index (χ4n) is 1.44. The van der Waals surface area contributed by atoms with E-state index in [2.05, 4.69) is 5.32 Å². The van der Waals surface area contributed by atoms with Gasteiger partial charge in [0.15, 0.2) is 0 Å². The molecule has 0 amide bonds. The topological polar surface area (TPSA) is 41.5 Å². The SMILES string of the molecule is CCNCC(C)(O)COCc1ccccc1Cl. The van der Waals surface area contributed by atoms with Crippen LogP contribution >= 0.6 is 11.6 Å². The molecule has 0 heterocycles. The minimum Gasteiger partial charge on any atom is -0.386 e. The number of nitrogens with one attached hydrogen (secondary N) is 1. The predicted molar refractivity (Wildman–Crippen MR) is 70.3 cm³/mol. The van der Waals surface area contributed by atoms with Crippen LogP contribution in [0.3, 0.4) is 0 Å². The first kappa shape index (κ1) is 14.5. The highest BCUT2D eigenvalue weighted by atomic mass is 35.5. The van der Waals surface area contributed by atoms with E-state index >= 15 is 0 Å². The molecule has 96 valence electrons. The number of ether oxygens (including phenoxy) is 1. The van der Waals surface area contributed by atoms with Crippen LogP contribution in [-0.4, -0.2) is 30.4 Å². The molecule has 0 aliphatic heterocycles. The first-order valence-corrected chi connectivity index (χ1v) is 6.17. The van der Waals surface area contributed by atoms with E-state index < -0.39 is 5.60 Å². The maximum atomic E-state index is 9.97. The van der Waals surface area contributed by atoms with Crippen LogP contribution in [0.4, 0.5) is 0 Å². The van der Waals surface area contributed by atoms with Gasteiger partial charge in [-0.2, -0.15) is 0 Å². The third-order valence-corrected chi connectivity index (χ3v) is 2.75. The molecule has 0 saturated heterocycles. The zero-order valence-corrected chi connectivity index (χ0v) is 11.1. The molecule has 0 aromatic heterocycles. The summed E-state index contributed by atoms with van der Waals surface area (Å²) in [5.41, 5.74) is 0.0884. The summed E-state index contributed by atoms with van der Waals surface area (Å²) >= 11 is 6.00. The van der Waals surface area contributed by atoms with E-state index in [1.807, 2.05) is 31.2 Å². The average Bonchev–Trinajstić information content (AvgIpc) is 2.29. The maximum Gasteiger partial charge on any atom is 0.0975 e. The summed E-state index contributed by atoms with van der Waals surface area (Å²) in [6.07, 6.45) is 0. The molecule has 4 heteroatoms. The van der Waals surface area contributed by atoms with Gasteiger partial charge < -0.3 is 15.2 Å². The van der Waals surface area contributed by atoms with Crippen molar-refractivity contribution in [3.8, 4) is 0 Å². The summed E-state index contributed by atoms with van der Waals surface area (Å²) in [7, 11) is 0. The van der Waals surface area contributed by atoms with E-state index in [0.717, 1.165) is 12.1 Å². The summed E-state index contributed by atoms with van der Waals surface area (Å²) < 4.78 is 5.49. The Bertz CT molecular complexity index is 342. The van der Waals surface area contributed by atoms with Crippen LogP contribution in [0.5, 0.6) is 0 Å². The van der Waals surface area contributed by atoms with Crippen molar-refractivity contribution < 1.29 is 9.84 Å². The smallest absolute Gasteiger partial charge is 0.0975 e. The molecular formula is C13H20ClNO2. The molecule has 0 radical (unpaired) electrons. The Morgan fingerprint density at radius 2 is 2.12 bits per heavy atom. The van der Waals surface area contributed by atoms with Gasteiger partial charge in [-0.1, -0.05) is 36.7 Å². The zero-order chi connectivity index (χ0) is 12.7. The minimum atomic E-state index is -0.850. The number of hydrogen-bond donors (Lipinski definition) is 2. The Labute approximate surface area is 108 Å². The number of rotatable bonds is 7. The molecule has 1 rings (SSSR count). The molecule has 0 spiro atoms. The van der Waals surface area contributed by atoms with E-state index in [-0.39, 0.29) is 6.61 Å². The number of likely N-dealkylation sites (N-methyl/N-ethyl adjacent to an activating group) is 1. The second kappa shape index (κ2) is 6.97. The Hall–Kier alpha value is -0.610. The fraction of sp³-hybridized carbons (Fsp3) is 0.538. The van der Waals surface area contributed by atoms with E-state index in [0.29, 0.717) is 18.2 Å². The number of halogens is 1. The molecule has 1 unspecified atom stereocenters. The monoisotopic (exact) mass is 257 g/mol. The highest BCUT2D eigenvalue weighted by molar-refractivity contribution is 6.31. The van der Waals surface area contributed by atoms with Crippen LogP contribution < -0.4 is 5.32 Å². The van der Waals surface area contributed by atoms with Crippen molar-refractivity contribution in [2.45, 2.75) is 26.1 Å². The van der Waals surface area contributed by atoms with Gasteiger partial charge in [0.1, 0.15) is 0 Å². The number of hydrogen-bond acceptors (Lipinski definition) is 3. The van der Waals surface area contributed by atoms with Gasteiger partial charge in [-0.05, 0) is 25.1 Å². The maximum absolute atomic E-state index is 9.97. The third kappa shape index (κ3) is 5.50. The van der Waals surface area contributed by atoms with Gasteiger partial charge in [-0.15, -0.1) is 0 Å². The predicted octanol–water partition coefficient (Wildman–Crippen LogP) is 2.22. The summed E-state index contributed by atoms with van der Waals surface area (Å²) in [6, 6.07) is 7.55. The van der Waals surface area contributed by atoms with Crippen molar-refractivity contribution in [1.82, 2.24) is 5.32 Å². The lowest BCUT2D eigenvalue weighted by Crippen LogP contribution is -2.41. The average molecular weight is 258 g/mol. The van der Waals surface area contributed by atoms with Crippen molar-refractivity contribution >= 4 is 11.6 Å². The molecule has 1 atom stereocenters. The van der Waals surface area contributed by atoms with Crippen LogP contribution in [0.25, 0.3) is 0 Å². The lowest BCUT2D eigenvalue weighted by Gasteiger charge is -2.23. The van der Waals surface area contributed by atoms with Gasteiger partial charge in [-0.25, -0.2) is 0 Å². The second-order valence-corrected chi connectivity index (χ2v) is 4.77. The van der Waals surface area contributed by atoms with Crippen molar-refractivity contribution in [2.24, 2.45) is 0 Å². The largest absolute Gasteiger partial charge is 0.386 e. The van der Waals surface area contributed by atoms with Gasteiger partial charge >= 0.3 is 0 Å². The molecule has 0 fully saturated rings. The van der Waals surface area contributed by atoms with Crippen molar-refractivity contribution in [2.75, 3.05) is 19.7 Å². The van der Waals surface area contributed by atoms with Crippen LogP contribution in [0, 0.1) is 0 Å². The highest BCUT2D eigenvalue weighted by Crippen LogP contribution is 2.16. The van der Waals surface area contributed by atoms with Gasteiger partial charge in [0.2, 0.25) is 0 Å². The molecule has 1 aromatic rings. The summed E-state index contributed by atoms with van der Waals surface area (Å²) in [6.45, 7) is 5.81. The Kier molecular flexibility index (Phi) is 5.92. The Morgan fingerprint density at radius 3 is 2.76 bits per heavy atom. The standard InChI is InChI=1S/C13H20ClNO2/c1-3-15-9-13(2,16)10-17-8-11-6-4-5-7-12(11)14/h4-7,15-16H,3,8-10H2,1-2H3. The normalized spacial score (nSPS) is 14.6. The first-order chi connectivity index (χ1) is 8.05. The van der Waals surface area contributed by atoms with E-state index in [9.17, 15) is 5.11 Å². The van der Waals surface area contributed by atoms with Crippen LogP contribution in [0.2, 0.25) is 5.02 Å². The van der Waals surface area contributed by atoms with Gasteiger partial charge in [-0.3, -0.25) is 0 Å². The Balaban J connectivity index is 2.35. The molecule has 0 bridgehead atoms. The lowest BCUT2D eigenvalue weighted by molar-refractivity contribution is -0.0377. The Morgan fingerprint density at radius 1 is 1.41 bits per heavy atom. The molecule has 1 aromatic carbocycles. The zero-order valence-electron chi connectivity index (χ0n) is 10.4. The molecule has 0 saturated carbocycles. The van der Waals surface area contributed by atoms with Crippen LogP contribution in [-0.2, 0) is 11.3 Å². The van der Waals surface area contributed by atoms with Crippen LogP contribution in [0.1, 0.15) is 19.4 Å². The summed E-state index contributed by atoms with van der Waals surface area (Å²) in [5.74, 6) is 0. The van der Waals surface area contributed by atoms with Crippen LogP contribution in [0.15, 0.2) is 24.3 Å². The number of benzene rings is 1. The second-order valence-electron chi connectivity index (χ2n) is 4.36. The fourth-order valence-corrected chi connectivity index (χ4v) is 1.63. The summed E-state index contributed by atoms with van der Waals surface area (Å²) in [5, 5.41) is 13.8. The molecule has 17 heavy (non-hydrogen) atoms. The summed E-state index contributed by atoms with van der Waals surface area (Å²) in [4.78, 5) is 0. The van der Waals surface area contributed by atoms with E-state index in [1.165, 1.54) is 0 Å². The molecule has 3 nitrogen and oxygen atoms in total. The van der Waals surface area contributed by atoms with Crippen molar-refractivity contribution in [1.29, 1.82) is 0 Å². The molecule has 2 N–H and O–H groups in total. The highest BCUT2D eigenvalue weighted by Gasteiger charge is 2.19. The minimum absolute atomic E-state index is 0.283. The quantitative estimate of drug-likeness (QED) is 0.787. The third-order valence-electron chi connectivity index (χ3n) is 2.38. The lowest BCUT2D eigenvalue weighted by atomic mass is 10.1. The van der Waals surface area contributed by atoms with Gasteiger partial charge in [0, 0.05) is 11.6 Å². The van der Waals surface area contributed by atoms with E-state index in [4.69, 9.17) is 16.3 Å². The molecule has 0 aliphatic carbocycles. The number of aliphatic hydroxyl groups is 1. The first-order valence-electron chi connectivity index (χ1n) is 5.79. The van der Waals surface area contributed by atoms with Gasteiger partial charge in [0.05, 0.1) is 18.8 Å². The van der Waals surface area contributed by atoms with Gasteiger partial charge in [0.25, 0.3) is 0 Å². The van der Waals surface area contributed by atoms with E-state index in [1.54, 1.807) is 6.92 Å².